The summed E-state index contributed by atoms with van der Waals surface area (Å²) in [6.45, 7) is 0. The lowest BCUT2D eigenvalue weighted by atomic mass is 9.81. The number of carbonyl (C=O) groups excluding carboxylic acids is 2. The average Bonchev–Trinajstić information content (AvgIpc) is 2.84. The molecule has 30 heavy (non-hydrogen) atoms. The van der Waals surface area contributed by atoms with Gasteiger partial charge in [0.15, 0.2) is 5.78 Å². The van der Waals surface area contributed by atoms with E-state index in [1.54, 1.807) is 6.07 Å². The number of ether oxygens (including phenoxy) is 1. The van der Waals surface area contributed by atoms with Crippen molar-refractivity contribution in [3.8, 4) is 11.1 Å². The summed E-state index contributed by atoms with van der Waals surface area (Å²) in [7, 11) is 1.36. The van der Waals surface area contributed by atoms with Crippen molar-refractivity contribution in [3.63, 3.8) is 0 Å². The first-order valence-electron chi connectivity index (χ1n) is 10.5. The van der Waals surface area contributed by atoms with E-state index in [0.29, 0.717) is 11.1 Å². The molecule has 4 rings (SSSR count). The van der Waals surface area contributed by atoms with Gasteiger partial charge in [-0.2, -0.15) is 0 Å². The number of hydrogen-bond acceptors (Lipinski definition) is 4. The van der Waals surface area contributed by atoms with Gasteiger partial charge in [0.2, 0.25) is 0 Å². The molecular formula is C26H25NO3. The van der Waals surface area contributed by atoms with Crippen molar-refractivity contribution in [1.29, 1.82) is 0 Å². The molecule has 0 N–H and O–H groups in total. The lowest BCUT2D eigenvalue weighted by Gasteiger charge is -2.25. The van der Waals surface area contributed by atoms with Crippen LogP contribution in [0, 0.1) is 0 Å². The van der Waals surface area contributed by atoms with Gasteiger partial charge in [-0.25, -0.2) is 9.78 Å². The monoisotopic (exact) mass is 399 g/mol. The number of nitrogens with zero attached hydrogens (tertiary/aromatic N) is 1. The number of hydrogen-bond donors (Lipinski definition) is 0. The Labute approximate surface area is 176 Å². The maximum Gasteiger partial charge on any atom is 0.356 e. The Bertz CT molecular complexity index is 1040. The number of methoxy groups -OCH3 is 1. The molecule has 0 unspecified atom stereocenters. The standard InChI is InChI=1S/C26H25NO3/c1-30-26(29)22-17-21(18-11-5-2-6-12-18)23(25(28)20-15-9-4-10-16-20)24(27-22)19-13-7-3-8-14-19/h2,4-6,9-12,15-17,19H,3,7-8,13-14H2,1H3. The summed E-state index contributed by atoms with van der Waals surface area (Å²) >= 11 is 0. The second kappa shape index (κ2) is 9.04. The molecule has 0 saturated heterocycles. The SMILES string of the molecule is COC(=O)c1cc(-c2ccccc2)c(C(=O)c2ccccc2)c(C2CCCCC2)n1. The van der Waals surface area contributed by atoms with Crippen LogP contribution in [-0.4, -0.2) is 23.8 Å². The van der Waals surface area contributed by atoms with Crippen molar-refractivity contribution in [2.45, 2.75) is 38.0 Å². The van der Waals surface area contributed by atoms with Crippen LogP contribution >= 0.6 is 0 Å². The topological polar surface area (TPSA) is 56.3 Å². The highest BCUT2D eigenvalue weighted by molar-refractivity contribution is 6.14. The fourth-order valence-corrected chi connectivity index (χ4v) is 4.26. The first-order chi connectivity index (χ1) is 14.7. The number of carbonyl (C=O) groups is 2. The molecule has 0 radical (unpaired) electrons. The summed E-state index contributed by atoms with van der Waals surface area (Å²) in [6, 6.07) is 20.7. The largest absolute Gasteiger partial charge is 0.464 e. The van der Waals surface area contributed by atoms with Gasteiger partial charge >= 0.3 is 5.97 Å². The number of esters is 1. The van der Waals surface area contributed by atoms with Gasteiger partial charge in [-0.15, -0.1) is 0 Å². The third-order valence-electron chi connectivity index (χ3n) is 5.78. The molecule has 3 aromatic rings. The second-order valence-corrected chi connectivity index (χ2v) is 7.70. The van der Waals surface area contributed by atoms with Gasteiger partial charge < -0.3 is 4.74 Å². The highest BCUT2D eigenvalue weighted by Crippen LogP contribution is 2.38. The molecule has 0 atom stereocenters. The number of rotatable bonds is 5. The number of ketones is 1. The molecule has 0 aliphatic heterocycles. The van der Waals surface area contributed by atoms with E-state index in [2.05, 4.69) is 0 Å². The van der Waals surface area contributed by atoms with E-state index in [0.717, 1.165) is 42.5 Å². The summed E-state index contributed by atoms with van der Waals surface area (Å²) in [6.07, 6.45) is 5.35. The predicted octanol–water partition coefficient (Wildman–Crippen LogP) is 5.81. The van der Waals surface area contributed by atoms with Gasteiger partial charge in [-0.05, 0) is 30.0 Å². The molecule has 4 nitrogen and oxygen atoms in total. The van der Waals surface area contributed by atoms with Gasteiger partial charge in [0.1, 0.15) is 5.69 Å². The third kappa shape index (κ3) is 4.04. The first kappa shape index (κ1) is 20.0. The van der Waals surface area contributed by atoms with Crippen molar-refractivity contribution >= 4 is 11.8 Å². The quantitative estimate of drug-likeness (QED) is 0.401. The summed E-state index contributed by atoms with van der Waals surface area (Å²) in [4.78, 5) is 30.8. The Morgan fingerprint density at radius 3 is 2.17 bits per heavy atom. The van der Waals surface area contributed by atoms with Crippen molar-refractivity contribution in [2.75, 3.05) is 7.11 Å². The summed E-state index contributed by atoms with van der Waals surface area (Å²) in [5.74, 6) is -0.379. The number of benzene rings is 2. The third-order valence-corrected chi connectivity index (χ3v) is 5.78. The Balaban J connectivity index is 1.98. The van der Waals surface area contributed by atoms with Gasteiger partial charge in [-0.3, -0.25) is 4.79 Å². The molecule has 1 fully saturated rings. The zero-order valence-electron chi connectivity index (χ0n) is 17.1. The minimum atomic E-state index is -0.483. The van der Waals surface area contributed by atoms with E-state index >= 15 is 0 Å². The molecule has 1 saturated carbocycles. The van der Waals surface area contributed by atoms with Crippen LogP contribution in [0.4, 0.5) is 0 Å². The van der Waals surface area contributed by atoms with Crippen molar-refractivity contribution in [3.05, 3.63) is 89.2 Å². The molecule has 1 aliphatic rings. The normalized spacial score (nSPS) is 14.3. The molecule has 4 heteroatoms. The highest BCUT2D eigenvalue weighted by Gasteiger charge is 2.29. The fourth-order valence-electron chi connectivity index (χ4n) is 4.26. The van der Waals surface area contributed by atoms with Crippen LogP contribution in [0.5, 0.6) is 0 Å². The van der Waals surface area contributed by atoms with Crippen LogP contribution in [0.3, 0.4) is 0 Å². The second-order valence-electron chi connectivity index (χ2n) is 7.70. The van der Waals surface area contributed by atoms with E-state index in [9.17, 15) is 9.59 Å². The smallest absolute Gasteiger partial charge is 0.356 e. The Morgan fingerprint density at radius 1 is 0.900 bits per heavy atom. The molecule has 1 aromatic heterocycles. The molecular weight excluding hydrogens is 374 g/mol. The van der Waals surface area contributed by atoms with Crippen LogP contribution < -0.4 is 0 Å². The lowest BCUT2D eigenvalue weighted by molar-refractivity contribution is 0.0593. The minimum Gasteiger partial charge on any atom is -0.464 e. The Hall–Kier alpha value is -3.27. The van der Waals surface area contributed by atoms with Crippen LogP contribution in [-0.2, 0) is 4.74 Å². The van der Waals surface area contributed by atoms with Crippen molar-refractivity contribution in [2.24, 2.45) is 0 Å². The zero-order chi connectivity index (χ0) is 20.9. The maximum absolute atomic E-state index is 13.7. The fraction of sp³-hybridized carbons (Fsp3) is 0.269. The Morgan fingerprint density at radius 2 is 1.53 bits per heavy atom. The number of pyridine rings is 1. The van der Waals surface area contributed by atoms with E-state index in [1.807, 2.05) is 60.7 Å². The average molecular weight is 399 g/mol. The van der Waals surface area contributed by atoms with Crippen molar-refractivity contribution < 1.29 is 14.3 Å². The van der Waals surface area contributed by atoms with E-state index in [4.69, 9.17) is 9.72 Å². The van der Waals surface area contributed by atoms with Crippen LogP contribution in [0.25, 0.3) is 11.1 Å². The zero-order valence-corrected chi connectivity index (χ0v) is 17.1. The molecule has 0 amide bonds. The summed E-state index contributed by atoms with van der Waals surface area (Å²) in [5, 5.41) is 0. The molecule has 0 bridgehead atoms. The van der Waals surface area contributed by atoms with Gasteiger partial charge in [0.05, 0.1) is 18.4 Å². The van der Waals surface area contributed by atoms with Crippen LogP contribution in [0.1, 0.15) is 70.1 Å². The summed E-state index contributed by atoms with van der Waals surface area (Å²) < 4.78 is 4.97. The van der Waals surface area contributed by atoms with Crippen molar-refractivity contribution in [1.82, 2.24) is 4.98 Å². The maximum atomic E-state index is 13.7. The predicted molar refractivity (Wildman–Crippen MR) is 117 cm³/mol. The van der Waals surface area contributed by atoms with E-state index < -0.39 is 5.97 Å². The molecule has 152 valence electrons. The minimum absolute atomic E-state index is 0.0565. The number of aromatic nitrogens is 1. The summed E-state index contributed by atoms with van der Waals surface area (Å²) in [5.41, 5.74) is 3.83. The lowest BCUT2D eigenvalue weighted by Crippen LogP contribution is -2.18. The first-order valence-corrected chi connectivity index (χ1v) is 10.5. The Kier molecular flexibility index (Phi) is 6.03. The molecule has 2 aromatic carbocycles. The van der Waals surface area contributed by atoms with E-state index in [-0.39, 0.29) is 17.4 Å². The van der Waals surface area contributed by atoms with E-state index in [1.165, 1.54) is 13.5 Å². The van der Waals surface area contributed by atoms with Crippen LogP contribution in [0.2, 0.25) is 0 Å². The van der Waals surface area contributed by atoms with Gasteiger partial charge in [0, 0.05) is 11.5 Å². The molecule has 1 aliphatic carbocycles. The molecule has 1 heterocycles. The molecule has 0 spiro atoms. The van der Waals surface area contributed by atoms with Gasteiger partial charge in [0.25, 0.3) is 0 Å². The van der Waals surface area contributed by atoms with Gasteiger partial charge in [-0.1, -0.05) is 79.9 Å². The van der Waals surface area contributed by atoms with Crippen LogP contribution in [0.15, 0.2) is 66.7 Å². The highest BCUT2D eigenvalue weighted by atomic mass is 16.5.